The van der Waals surface area contributed by atoms with Gasteiger partial charge >= 0.3 is 13.0 Å². The fraction of sp³-hybridized carbons (Fsp3) is 0.400. The van der Waals surface area contributed by atoms with Gasteiger partial charge < -0.3 is 55.9 Å². The Morgan fingerprint density at radius 2 is 1.21 bits per heavy atom. The van der Waals surface area contributed by atoms with Gasteiger partial charge in [0.25, 0.3) is 0 Å². The molecule has 11 nitrogen and oxygen atoms in total. The molecular weight excluding hydrogens is 583 g/mol. The minimum atomic E-state index is -1.96. The summed E-state index contributed by atoms with van der Waals surface area (Å²) in [4.78, 5) is 0. The third-order valence-electron chi connectivity index (χ3n) is 3.98. The summed E-state index contributed by atoms with van der Waals surface area (Å²) in [6.07, 6.45) is 1.04. The summed E-state index contributed by atoms with van der Waals surface area (Å²) < 4.78 is 20.9. The van der Waals surface area contributed by atoms with Crippen LogP contribution in [-0.4, -0.2) is 72.7 Å². The van der Waals surface area contributed by atoms with Crippen LogP contribution in [0.1, 0.15) is 11.1 Å². The van der Waals surface area contributed by atoms with E-state index in [2.05, 4.69) is 31.9 Å². The van der Waals surface area contributed by atoms with E-state index in [0.29, 0.717) is 47.5 Å². The molecule has 34 heavy (non-hydrogen) atoms. The zero-order valence-electron chi connectivity index (χ0n) is 18.1. The van der Waals surface area contributed by atoms with E-state index in [9.17, 15) is 0 Å². The molecule has 0 fully saturated rings. The predicted octanol–water partition coefficient (Wildman–Crippen LogP) is 0.0280. The second-order valence-corrected chi connectivity index (χ2v) is 8.04. The van der Waals surface area contributed by atoms with E-state index < -0.39 is 13.0 Å². The molecule has 0 spiro atoms. The molecule has 188 valence electrons. The Morgan fingerprint density at radius 1 is 0.735 bits per heavy atom. The summed E-state index contributed by atoms with van der Waals surface area (Å²) in [5.74, 6) is 1.61. The third-order valence-corrected chi connectivity index (χ3v) is 5.22. The Kier molecular flexibility index (Phi) is 14.4. The van der Waals surface area contributed by atoms with Gasteiger partial charge in [0.2, 0.25) is 0 Å². The summed E-state index contributed by atoms with van der Waals surface area (Å²) >= 11 is 6.46. The molecule has 0 heterocycles. The van der Waals surface area contributed by atoms with Crippen LogP contribution in [-0.2, 0) is 12.8 Å². The molecule has 2 aromatic carbocycles. The number of halogens is 2. The highest BCUT2D eigenvalue weighted by atomic mass is 79.9. The van der Waals surface area contributed by atoms with Crippen LogP contribution in [0.2, 0.25) is 0 Å². The molecule has 9 N–H and O–H groups in total. The van der Waals surface area contributed by atoms with Crippen molar-refractivity contribution in [2.45, 2.75) is 25.8 Å². The highest BCUT2D eigenvalue weighted by Gasteiger charge is 2.14. The van der Waals surface area contributed by atoms with Crippen molar-refractivity contribution < 1.29 is 44.5 Å². The SMILES string of the molecule is NCCc1cc(OC(O)O)c(Br)cc1OC(O)O.[B]COc1cc(CCN)c(OCO)cc1Br. The van der Waals surface area contributed by atoms with Crippen LogP contribution in [0.4, 0.5) is 0 Å². The van der Waals surface area contributed by atoms with E-state index >= 15 is 0 Å². The number of hydrogen-bond donors (Lipinski definition) is 7. The molecule has 0 aliphatic rings. The van der Waals surface area contributed by atoms with Crippen molar-refractivity contribution in [3.63, 3.8) is 0 Å². The molecule has 2 rings (SSSR count). The van der Waals surface area contributed by atoms with E-state index in [1.807, 2.05) is 0 Å². The maximum absolute atomic E-state index is 8.78. The normalized spacial score (nSPS) is 10.7. The second kappa shape index (κ2) is 16.1. The summed E-state index contributed by atoms with van der Waals surface area (Å²) in [7, 11) is 5.31. The number of benzene rings is 2. The fourth-order valence-corrected chi connectivity index (χ4v) is 3.54. The Morgan fingerprint density at radius 3 is 1.71 bits per heavy atom. The average molecular weight is 610 g/mol. The van der Waals surface area contributed by atoms with Crippen LogP contribution < -0.4 is 30.4 Å². The minimum absolute atomic E-state index is 0.0981. The molecule has 0 aromatic heterocycles. The third kappa shape index (κ3) is 10.3. The second-order valence-electron chi connectivity index (χ2n) is 6.33. The Bertz CT molecular complexity index is 892. The smallest absolute Gasteiger partial charge is 0.310 e. The molecule has 0 saturated carbocycles. The summed E-state index contributed by atoms with van der Waals surface area (Å²) in [6, 6.07) is 6.41. The van der Waals surface area contributed by atoms with Gasteiger partial charge in [-0.2, -0.15) is 0 Å². The fourth-order valence-electron chi connectivity index (χ4n) is 2.69. The first-order chi connectivity index (χ1) is 16.2. The highest BCUT2D eigenvalue weighted by molar-refractivity contribution is 9.10. The van der Waals surface area contributed by atoms with Crippen LogP contribution in [0.3, 0.4) is 0 Å². The Hall–Kier alpha value is -1.62. The molecule has 14 heteroatoms. The minimum Gasteiger partial charge on any atom is -0.502 e. The van der Waals surface area contributed by atoms with Gasteiger partial charge in [-0.3, -0.25) is 0 Å². The summed E-state index contributed by atoms with van der Waals surface area (Å²) in [5, 5.41) is 43.8. The van der Waals surface area contributed by atoms with Crippen molar-refractivity contribution in [2.24, 2.45) is 11.5 Å². The van der Waals surface area contributed by atoms with Crippen molar-refractivity contribution in [1.29, 1.82) is 0 Å². The molecule has 0 unspecified atom stereocenters. The molecule has 0 aliphatic carbocycles. The van der Waals surface area contributed by atoms with Gasteiger partial charge in [0, 0.05) is 6.51 Å². The van der Waals surface area contributed by atoms with Crippen molar-refractivity contribution in [1.82, 2.24) is 0 Å². The van der Waals surface area contributed by atoms with E-state index in [-0.39, 0.29) is 24.8 Å². The van der Waals surface area contributed by atoms with E-state index in [4.69, 9.17) is 63.8 Å². The van der Waals surface area contributed by atoms with Gasteiger partial charge in [0.1, 0.15) is 30.8 Å². The molecular formula is C20H27BBr2N2O9. The predicted molar refractivity (Wildman–Crippen MR) is 130 cm³/mol. The van der Waals surface area contributed by atoms with E-state index in [1.165, 1.54) is 12.1 Å². The standard InChI is InChI=1S/C10H13BBrNO3.C10H14BrNO6/c11-5-15-10-3-7(1-2-13)9(16-6-14)4-8(10)12;11-6-4-7(17-9(13)14)5(1-2-12)3-8(6)18-10(15)16/h3-4,14H,1-2,5-6,13H2;3-4,9-10,13-16H,1-2,12H2. The van der Waals surface area contributed by atoms with Crippen molar-refractivity contribution in [2.75, 3.05) is 26.4 Å². The van der Waals surface area contributed by atoms with Gasteiger partial charge in [-0.15, -0.1) is 0 Å². The maximum Gasteiger partial charge on any atom is 0.310 e. The molecule has 0 bridgehead atoms. The van der Waals surface area contributed by atoms with Crippen LogP contribution in [0, 0.1) is 0 Å². The average Bonchev–Trinajstić information content (AvgIpc) is 2.75. The molecule has 0 saturated heterocycles. The number of ether oxygens (including phenoxy) is 4. The Balaban J connectivity index is 0.000000342. The van der Waals surface area contributed by atoms with Gasteiger partial charge in [0.15, 0.2) is 6.79 Å². The molecule has 0 atom stereocenters. The molecule has 2 radical (unpaired) electrons. The summed E-state index contributed by atoms with van der Waals surface area (Å²) in [6.45, 7) is -3.39. The number of aliphatic hydroxyl groups is 5. The van der Waals surface area contributed by atoms with Gasteiger partial charge in [-0.05, 0) is 93.2 Å². The lowest BCUT2D eigenvalue weighted by atomic mass is 10.1. The molecule has 2 aromatic rings. The van der Waals surface area contributed by atoms with Crippen molar-refractivity contribution in [3.8, 4) is 23.0 Å². The summed E-state index contributed by atoms with van der Waals surface area (Å²) in [5.41, 5.74) is 12.3. The molecule has 0 aliphatic heterocycles. The van der Waals surface area contributed by atoms with E-state index in [1.54, 1.807) is 12.1 Å². The first-order valence-electron chi connectivity index (χ1n) is 9.83. The lowest BCUT2D eigenvalue weighted by molar-refractivity contribution is -0.182. The lowest BCUT2D eigenvalue weighted by Crippen LogP contribution is -2.17. The highest BCUT2D eigenvalue weighted by Crippen LogP contribution is 2.34. The first kappa shape index (κ1) is 30.4. The Labute approximate surface area is 214 Å². The first-order valence-corrected chi connectivity index (χ1v) is 11.4. The number of rotatable bonds is 12. The quantitative estimate of drug-likeness (QED) is 0.127. The zero-order chi connectivity index (χ0) is 25.7. The van der Waals surface area contributed by atoms with Gasteiger partial charge in [-0.25, -0.2) is 0 Å². The van der Waals surface area contributed by atoms with E-state index in [0.717, 1.165) is 10.0 Å². The molecule has 0 amide bonds. The maximum atomic E-state index is 8.78. The lowest BCUT2D eigenvalue weighted by Gasteiger charge is -2.16. The topological polar surface area (TPSA) is 190 Å². The van der Waals surface area contributed by atoms with Crippen LogP contribution in [0.25, 0.3) is 0 Å². The van der Waals surface area contributed by atoms with Gasteiger partial charge in [0.05, 0.1) is 8.95 Å². The largest absolute Gasteiger partial charge is 0.502 e. The zero-order valence-corrected chi connectivity index (χ0v) is 21.2. The van der Waals surface area contributed by atoms with Crippen LogP contribution >= 0.6 is 31.9 Å². The van der Waals surface area contributed by atoms with Crippen molar-refractivity contribution >= 4 is 39.7 Å². The van der Waals surface area contributed by atoms with Crippen molar-refractivity contribution in [3.05, 3.63) is 44.3 Å². The van der Waals surface area contributed by atoms with Crippen LogP contribution in [0.15, 0.2) is 33.2 Å². The number of nitrogens with two attached hydrogens (primary N) is 2. The van der Waals surface area contributed by atoms with Crippen LogP contribution in [0.5, 0.6) is 23.0 Å². The number of aliphatic hydroxyl groups excluding tert-OH is 3. The monoisotopic (exact) mass is 608 g/mol. The number of hydrogen-bond acceptors (Lipinski definition) is 11. The van der Waals surface area contributed by atoms with Gasteiger partial charge in [-0.1, -0.05) is 0 Å².